The van der Waals surface area contributed by atoms with Crippen LogP contribution in [0.3, 0.4) is 0 Å². The molecule has 4 nitrogen and oxygen atoms in total. The Morgan fingerprint density at radius 3 is 2.52 bits per heavy atom. The molecule has 4 heteroatoms. The highest BCUT2D eigenvalue weighted by Gasteiger charge is 2.15. The molecule has 0 saturated heterocycles. The zero-order chi connectivity index (χ0) is 15.6. The van der Waals surface area contributed by atoms with Crippen LogP contribution in [0.25, 0.3) is 11.3 Å². The average Bonchev–Trinajstić information content (AvgIpc) is 2.49. The third-order valence-electron chi connectivity index (χ3n) is 3.82. The molecule has 108 valence electrons. The maximum atomic E-state index is 12.4. The molecule has 0 amide bonds. The number of aryl methyl sites for hydroxylation is 2. The van der Waals surface area contributed by atoms with Gasteiger partial charge in [-0.1, -0.05) is 12.1 Å². The minimum absolute atomic E-state index is 0.142. The molecule has 1 unspecified atom stereocenters. The van der Waals surface area contributed by atoms with Gasteiger partial charge in [0.1, 0.15) is 11.6 Å². The first-order valence-electron chi connectivity index (χ1n) is 6.93. The second-order valence-corrected chi connectivity index (χ2v) is 5.30. The lowest BCUT2D eigenvalue weighted by Crippen LogP contribution is -2.30. The van der Waals surface area contributed by atoms with Crippen LogP contribution in [0.15, 0.2) is 35.1 Å². The van der Waals surface area contributed by atoms with E-state index < -0.39 is 0 Å². The molecule has 0 fully saturated rings. The highest BCUT2D eigenvalue weighted by atomic mass is 16.1. The van der Waals surface area contributed by atoms with Crippen LogP contribution in [0.2, 0.25) is 0 Å². The van der Waals surface area contributed by atoms with Gasteiger partial charge in [-0.05, 0) is 55.7 Å². The lowest BCUT2D eigenvalue weighted by atomic mass is 10.0. The lowest BCUT2D eigenvalue weighted by molar-refractivity contribution is 0.545. The summed E-state index contributed by atoms with van der Waals surface area (Å²) in [4.78, 5) is 12.4. The van der Waals surface area contributed by atoms with Crippen molar-refractivity contribution in [2.75, 3.05) is 6.54 Å². The quantitative estimate of drug-likeness (QED) is 0.939. The van der Waals surface area contributed by atoms with Crippen LogP contribution in [-0.4, -0.2) is 11.1 Å². The van der Waals surface area contributed by atoms with Crippen LogP contribution in [0.5, 0.6) is 0 Å². The van der Waals surface area contributed by atoms with Crippen molar-refractivity contribution < 1.29 is 0 Å². The van der Waals surface area contributed by atoms with E-state index in [-0.39, 0.29) is 17.2 Å². The molecule has 0 aliphatic rings. The molecule has 2 rings (SSSR count). The number of pyridine rings is 1. The molecular formula is C17H19N3O. The Morgan fingerprint density at radius 2 is 1.95 bits per heavy atom. The van der Waals surface area contributed by atoms with Crippen LogP contribution < -0.4 is 11.3 Å². The molecule has 0 bridgehead atoms. The number of rotatable bonds is 3. The lowest BCUT2D eigenvalue weighted by Gasteiger charge is -2.19. The van der Waals surface area contributed by atoms with Crippen LogP contribution in [0.1, 0.15) is 29.7 Å². The van der Waals surface area contributed by atoms with Crippen molar-refractivity contribution in [1.82, 2.24) is 4.57 Å². The van der Waals surface area contributed by atoms with Gasteiger partial charge in [-0.2, -0.15) is 5.26 Å². The Morgan fingerprint density at radius 1 is 1.24 bits per heavy atom. The largest absolute Gasteiger partial charge is 0.328 e. The van der Waals surface area contributed by atoms with Crippen molar-refractivity contribution in [3.63, 3.8) is 0 Å². The fourth-order valence-electron chi connectivity index (χ4n) is 2.32. The fraction of sp³-hybridized carbons (Fsp3) is 0.294. The van der Waals surface area contributed by atoms with E-state index in [2.05, 4.69) is 6.07 Å². The molecule has 0 saturated carbocycles. The van der Waals surface area contributed by atoms with Gasteiger partial charge in [0.05, 0.1) is 5.69 Å². The summed E-state index contributed by atoms with van der Waals surface area (Å²) in [5, 5.41) is 9.04. The minimum atomic E-state index is -0.286. The zero-order valence-electron chi connectivity index (χ0n) is 12.6. The first-order valence-corrected chi connectivity index (χ1v) is 6.93. The maximum Gasteiger partial charge on any atom is 0.269 e. The topological polar surface area (TPSA) is 71.8 Å². The normalized spacial score (nSPS) is 12.0. The van der Waals surface area contributed by atoms with E-state index in [1.54, 1.807) is 10.6 Å². The van der Waals surface area contributed by atoms with E-state index in [1.807, 2.05) is 45.0 Å². The molecule has 1 heterocycles. The van der Waals surface area contributed by atoms with E-state index in [4.69, 9.17) is 11.0 Å². The Kier molecular flexibility index (Phi) is 4.25. The Bertz CT molecular complexity index is 769. The molecule has 0 aliphatic carbocycles. The van der Waals surface area contributed by atoms with Crippen LogP contribution in [-0.2, 0) is 0 Å². The number of nitrogens with zero attached hydrogens (tertiary/aromatic N) is 2. The summed E-state index contributed by atoms with van der Waals surface area (Å²) in [6.45, 7) is 6.31. The van der Waals surface area contributed by atoms with E-state index in [0.717, 1.165) is 16.8 Å². The number of hydrogen-bond donors (Lipinski definition) is 1. The molecule has 1 atom stereocenters. The molecule has 1 aromatic carbocycles. The van der Waals surface area contributed by atoms with E-state index in [1.165, 1.54) is 5.56 Å². The smallest absolute Gasteiger partial charge is 0.269 e. The fourth-order valence-corrected chi connectivity index (χ4v) is 2.32. The van der Waals surface area contributed by atoms with Gasteiger partial charge in [-0.3, -0.25) is 4.79 Å². The third-order valence-corrected chi connectivity index (χ3v) is 3.82. The number of hydrogen-bond acceptors (Lipinski definition) is 3. The van der Waals surface area contributed by atoms with Crippen molar-refractivity contribution >= 4 is 0 Å². The molecule has 0 spiro atoms. The predicted molar refractivity (Wildman–Crippen MR) is 84.1 cm³/mol. The molecule has 2 aromatic rings. The van der Waals surface area contributed by atoms with Gasteiger partial charge in [0.25, 0.3) is 5.56 Å². The molecule has 1 aromatic heterocycles. The van der Waals surface area contributed by atoms with E-state index in [0.29, 0.717) is 6.54 Å². The van der Waals surface area contributed by atoms with E-state index in [9.17, 15) is 4.79 Å². The standard InChI is InChI=1S/C17H19N3O/c1-11-4-5-14(8-12(11)2)16-7-6-15(10-19)17(21)20(16)13(3)9-18/h4-8,13H,9,18H2,1-3H3. The van der Waals surface area contributed by atoms with Crippen LogP contribution >= 0.6 is 0 Å². The van der Waals surface area contributed by atoms with Gasteiger partial charge in [-0.15, -0.1) is 0 Å². The van der Waals surface area contributed by atoms with Crippen LogP contribution in [0.4, 0.5) is 0 Å². The van der Waals surface area contributed by atoms with Gasteiger partial charge >= 0.3 is 0 Å². The summed E-state index contributed by atoms with van der Waals surface area (Å²) < 4.78 is 1.61. The first kappa shape index (κ1) is 15.0. The summed E-state index contributed by atoms with van der Waals surface area (Å²) >= 11 is 0. The highest BCUT2D eigenvalue weighted by molar-refractivity contribution is 5.62. The molecular weight excluding hydrogens is 262 g/mol. The number of nitriles is 1. The number of nitrogens with two attached hydrogens (primary N) is 1. The third kappa shape index (κ3) is 2.74. The first-order chi connectivity index (χ1) is 9.99. The van der Waals surface area contributed by atoms with Crippen LogP contribution in [0, 0.1) is 25.2 Å². The molecule has 2 N–H and O–H groups in total. The van der Waals surface area contributed by atoms with E-state index >= 15 is 0 Å². The second kappa shape index (κ2) is 5.94. The SMILES string of the molecule is Cc1ccc(-c2ccc(C#N)c(=O)n2C(C)CN)cc1C. The van der Waals surface area contributed by atoms with Crippen molar-refractivity contribution in [1.29, 1.82) is 5.26 Å². The Balaban J connectivity index is 2.74. The molecule has 0 radical (unpaired) electrons. The van der Waals surface area contributed by atoms with Gasteiger partial charge in [0, 0.05) is 12.6 Å². The van der Waals surface area contributed by atoms with Crippen molar-refractivity contribution in [2.24, 2.45) is 5.73 Å². The van der Waals surface area contributed by atoms with Gasteiger partial charge in [0.15, 0.2) is 0 Å². The maximum absolute atomic E-state index is 12.4. The van der Waals surface area contributed by atoms with Gasteiger partial charge in [0.2, 0.25) is 0 Å². The monoisotopic (exact) mass is 281 g/mol. The minimum Gasteiger partial charge on any atom is -0.328 e. The van der Waals surface area contributed by atoms with Crippen molar-refractivity contribution in [2.45, 2.75) is 26.8 Å². The highest BCUT2D eigenvalue weighted by Crippen LogP contribution is 2.23. The van der Waals surface area contributed by atoms with Crippen molar-refractivity contribution in [3.05, 3.63) is 57.4 Å². The molecule has 0 aliphatic heterocycles. The summed E-state index contributed by atoms with van der Waals surface area (Å²) in [6, 6.07) is 11.2. The number of benzene rings is 1. The summed E-state index contributed by atoms with van der Waals surface area (Å²) in [5.74, 6) is 0. The Labute approximate surface area is 124 Å². The zero-order valence-corrected chi connectivity index (χ0v) is 12.6. The molecule has 21 heavy (non-hydrogen) atoms. The predicted octanol–water partition coefficient (Wildman–Crippen LogP) is 2.52. The summed E-state index contributed by atoms with van der Waals surface area (Å²) in [5.41, 5.74) is 9.69. The van der Waals surface area contributed by atoms with Gasteiger partial charge < -0.3 is 10.3 Å². The summed E-state index contributed by atoms with van der Waals surface area (Å²) in [6.07, 6.45) is 0. The summed E-state index contributed by atoms with van der Waals surface area (Å²) in [7, 11) is 0. The Hall–Kier alpha value is -2.38. The number of aromatic nitrogens is 1. The average molecular weight is 281 g/mol. The van der Waals surface area contributed by atoms with Crippen molar-refractivity contribution in [3.8, 4) is 17.3 Å². The second-order valence-electron chi connectivity index (χ2n) is 5.30. The van der Waals surface area contributed by atoms with Gasteiger partial charge in [-0.25, -0.2) is 0 Å².